The Hall–Kier alpha value is -3.41. The molecule has 2 aliphatic rings. The summed E-state index contributed by atoms with van der Waals surface area (Å²) >= 11 is 0. The Bertz CT molecular complexity index is 1160. The number of likely N-dealkylation sites (tertiary alicyclic amines) is 1. The van der Waals surface area contributed by atoms with Gasteiger partial charge >= 0.3 is 6.03 Å². The second-order valence-electron chi connectivity index (χ2n) is 8.99. The summed E-state index contributed by atoms with van der Waals surface area (Å²) in [5.41, 5.74) is 1.97. The van der Waals surface area contributed by atoms with Crippen molar-refractivity contribution in [1.82, 2.24) is 14.7 Å². The molecule has 170 valence electrons. The predicted octanol–water partition coefficient (Wildman–Crippen LogP) is 4.45. The number of nitrogens with zero attached hydrogens (tertiary/aromatic N) is 3. The Kier molecular flexibility index (Phi) is 5.99. The van der Waals surface area contributed by atoms with E-state index < -0.39 is 0 Å². The highest BCUT2D eigenvalue weighted by molar-refractivity contribution is 5.85. The van der Waals surface area contributed by atoms with Crippen LogP contribution in [0.3, 0.4) is 0 Å². The lowest BCUT2D eigenvalue weighted by molar-refractivity contribution is -0.131. The molecule has 2 aliphatic heterocycles. The topological polar surface area (TPSA) is 43.9 Å². The van der Waals surface area contributed by atoms with E-state index in [1.165, 1.54) is 17.5 Å². The SMILES string of the molecule is O=C(Cc1ccc2ccccc2c1)N1CCC(N2CCN(Cc3ccc(F)cc3)C2=O)CC1. The number of piperidine rings is 1. The van der Waals surface area contributed by atoms with Gasteiger partial charge in [-0.15, -0.1) is 0 Å². The van der Waals surface area contributed by atoms with Crippen LogP contribution in [0.5, 0.6) is 0 Å². The van der Waals surface area contributed by atoms with Gasteiger partial charge in [-0.2, -0.15) is 0 Å². The summed E-state index contributed by atoms with van der Waals surface area (Å²) < 4.78 is 13.1. The minimum Gasteiger partial charge on any atom is -0.342 e. The van der Waals surface area contributed by atoms with Gasteiger partial charge in [-0.1, -0.05) is 54.6 Å². The zero-order valence-corrected chi connectivity index (χ0v) is 18.6. The Morgan fingerprint density at radius 1 is 0.848 bits per heavy atom. The molecule has 0 saturated carbocycles. The summed E-state index contributed by atoms with van der Waals surface area (Å²) in [6, 6.07) is 20.9. The molecular weight excluding hydrogens is 417 g/mol. The second-order valence-corrected chi connectivity index (χ2v) is 8.99. The molecule has 0 N–H and O–H groups in total. The highest BCUT2D eigenvalue weighted by atomic mass is 19.1. The number of benzene rings is 3. The largest absolute Gasteiger partial charge is 0.342 e. The highest BCUT2D eigenvalue weighted by Gasteiger charge is 2.35. The molecule has 0 aliphatic carbocycles. The Labute approximate surface area is 193 Å². The average Bonchev–Trinajstić information content (AvgIpc) is 3.20. The molecule has 2 fully saturated rings. The lowest BCUT2D eigenvalue weighted by atomic mass is 10.0. The third-order valence-corrected chi connectivity index (χ3v) is 6.84. The predicted molar refractivity (Wildman–Crippen MR) is 126 cm³/mol. The molecule has 33 heavy (non-hydrogen) atoms. The number of hydrogen-bond acceptors (Lipinski definition) is 2. The first kappa shape index (κ1) is 21.4. The Morgan fingerprint density at radius 3 is 2.30 bits per heavy atom. The minimum absolute atomic E-state index is 0.0419. The van der Waals surface area contributed by atoms with Crippen LogP contribution in [-0.4, -0.2) is 58.9 Å². The van der Waals surface area contributed by atoms with Crippen molar-refractivity contribution in [2.75, 3.05) is 26.2 Å². The summed E-state index contributed by atoms with van der Waals surface area (Å²) in [4.78, 5) is 31.5. The van der Waals surface area contributed by atoms with E-state index in [-0.39, 0.29) is 23.8 Å². The third-order valence-electron chi connectivity index (χ3n) is 6.84. The van der Waals surface area contributed by atoms with E-state index in [9.17, 15) is 14.0 Å². The zero-order chi connectivity index (χ0) is 22.8. The molecule has 5 rings (SSSR count). The molecule has 2 saturated heterocycles. The van der Waals surface area contributed by atoms with Crippen molar-refractivity contribution >= 4 is 22.7 Å². The first-order valence-electron chi connectivity index (χ1n) is 11.6. The molecule has 0 unspecified atom stereocenters. The molecule has 0 bridgehead atoms. The van der Waals surface area contributed by atoms with Gasteiger partial charge in [0.15, 0.2) is 0 Å². The van der Waals surface area contributed by atoms with Crippen LogP contribution in [0, 0.1) is 5.82 Å². The molecule has 0 radical (unpaired) electrons. The number of halogens is 1. The van der Waals surface area contributed by atoms with E-state index in [2.05, 4.69) is 24.3 Å². The molecule has 6 heteroatoms. The zero-order valence-electron chi connectivity index (χ0n) is 18.6. The Morgan fingerprint density at radius 2 is 1.55 bits per heavy atom. The summed E-state index contributed by atoms with van der Waals surface area (Å²) in [5.74, 6) is -0.121. The summed E-state index contributed by atoms with van der Waals surface area (Å²) in [6.07, 6.45) is 2.02. The number of carbonyl (C=O) groups excluding carboxylic acids is 2. The van der Waals surface area contributed by atoms with Crippen molar-refractivity contribution in [2.24, 2.45) is 0 Å². The van der Waals surface area contributed by atoms with Crippen LogP contribution in [0.15, 0.2) is 66.7 Å². The van der Waals surface area contributed by atoms with Gasteiger partial charge in [0, 0.05) is 38.8 Å². The van der Waals surface area contributed by atoms with Crippen LogP contribution in [-0.2, 0) is 17.8 Å². The fraction of sp³-hybridized carbons (Fsp3) is 0.333. The van der Waals surface area contributed by atoms with Gasteiger partial charge in [0.05, 0.1) is 6.42 Å². The maximum Gasteiger partial charge on any atom is 0.320 e. The number of hydrogen-bond donors (Lipinski definition) is 0. The quantitative estimate of drug-likeness (QED) is 0.582. The lowest BCUT2D eigenvalue weighted by Gasteiger charge is -2.36. The number of fused-ring (bicyclic) bond motifs is 1. The van der Waals surface area contributed by atoms with Crippen LogP contribution in [0.25, 0.3) is 10.8 Å². The number of rotatable bonds is 5. The van der Waals surface area contributed by atoms with Gasteiger partial charge in [0.1, 0.15) is 5.82 Å². The molecule has 0 atom stereocenters. The number of carbonyl (C=O) groups is 2. The monoisotopic (exact) mass is 445 g/mol. The van der Waals surface area contributed by atoms with E-state index in [1.54, 1.807) is 12.1 Å². The van der Waals surface area contributed by atoms with E-state index in [1.807, 2.05) is 32.9 Å². The average molecular weight is 446 g/mol. The first-order chi connectivity index (χ1) is 16.1. The highest BCUT2D eigenvalue weighted by Crippen LogP contribution is 2.24. The molecular formula is C27H28FN3O2. The fourth-order valence-corrected chi connectivity index (χ4v) is 4.96. The molecule has 0 spiro atoms. The molecule has 3 aromatic rings. The van der Waals surface area contributed by atoms with Crippen LogP contribution < -0.4 is 0 Å². The molecule has 0 aromatic heterocycles. The number of amides is 3. The van der Waals surface area contributed by atoms with E-state index >= 15 is 0 Å². The van der Waals surface area contributed by atoms with Gasteiger partial charge in [-0.05, 0) is 46.9 Å². The smallest absolute Gasteiger partial charge is 0.320 e. The van der Waals surface area contributed by atoms with Crippen LogP contribution >= 0.6 is 0 Å². The lowest BCUT2D eigenvalue weighted by Crippen LogP contribution is -2.48. The van der Waals surface area contributed by atoms with Crippen molar-refractivity contribution in [3.63, 3.8) is 0 Å². The summed E-state index contributed by atoms with van der Waals surface area (Å²) in [6.45, 7) is 3.24. The molecule has 5 nitrogen and oxygen atoms in total. The van der Waals surface area contributed by atoms with Gasteiger partial charge in [-0.25, -0.2) is 9.18 Å². The van der Waals surface area contributed by atoms with E-state index in [0.717, 1.165) is 29.4 Å². The number of urea groups is 1. The molecule has 2 heterocycles. The normalized spacial score (nSPS) is 17.2. The second kappa shape index (κ2) is 9.22. The van der Waals surface area contributed by atoms with Gasteiger partial charge in [0.2, 0.25) is 5.91 Å². The molecule has 3 aromatic carbocycles. The van der Waals surface area contributed by atoms with Crippen LogP contribution in [0.2, 0.25) is 0 Å². The third kappa shape index (κ3) is 4.70. The van der Waals surface area contributed by atoms with Crippen molar-refractivity contribution in [1.29, 1.82) is 0 Å². The first-order valence-corrected chi connectivity index (χ1v) is 11.6. The van der Waals surface area contributed by atoms with Gasteiger partial charge < -0.3 is 14.7 Å². The minimum atomic E-state index is -0.268. The summed E-state index contributed by atoms with van der Waals surface area (Å²) in [7, 11) is 0. The van der Waals surface area contributed by atoms with Crippen LogP contribution in [0.1, 0.15) is 24.0 Å². The Balaban J connectivity index is 1.14. The van der Waals surface area contributed by atoms with Crippen molar-refractivity contribution < 1.29 is 14.0 Å². The van der Waals surface area contributed by atoms with Crippen molar-refractivity contribution in [3.05, 3.63) is 83.7 Å². The maximum absolute atomic E-state index is 13.1. The summed E-state index contributed by atoms with van der Waals surface area (Å²) in [5, 5.41) is 2.33. The fourth-order valence-electron chi connectivity index (χ4n) is 4.96. The maximum atomic E-state index is 13.1. The van der Waals surface area contributed by atoms with Crippen LogP contribution in [0.4, 0.5) is 9.18 Å². The van der Waals surface area contributed by atoms with Crippen molar-refractivity contribution in [3.8, 4) is 0 Å². The standard InChI is InChI=1S/C27H28FN3O2/c28-24-9-6-20(7-10-24)19-30-15-16-31(27(30)33)25-11-13-29(14-12-25)26(32)18-21-5-8-22-3-1-2-4-23(22)17-21/h1-10,17,25H,11-16,18-19H2. The van der Waals surface area contributed by atoms with Gasteiger partial charge in [0.25, 0.3) is 0 Å². The van der Waals surface area contributed by atoms with Crippen molar-refractivity contribution in [2.45, 2.75) is 31.8 Å². The van der Waals surface area contributed by atoms with E-state index in [0.29, 0.717) is 39.1 Å². The van der Waals surface area contributed by atoms with Gasteiger partial charge in [-0.3, -0.25) is 4.79 Å². The molecule has 3 amide bonds. The van der Waals surface area contributed by atoms with E-state index in [4.69, 9.17) is 0 Å².